The van der Waals surface area contributed by atoms with Crippen LogP contribution in [0, 0.1) is 5.41 Å². The summed E-state index contributed by atoms with van der Waals surface area (Å²) in [4.78, 5) is 13.8. The molecule has 0 unspecified atom stereocenters. The summed E-state index contributed by atoms with van der Waals surface area (Å²) in [5, 5.41) is 0. The Morgan fingerprint density at radius 3 is 2.17 bits per heavy atom. The third kappa shape index (κ3) is 6.33. The van der Waals surface area contributed by atoms with Crippen LogP contribution in [0.2, 0.25) is 0 Å². The minimum absolute atomic E-state index is 0. The molecule has 2 N–H and O–H groups in total. The van der Waals surface area contributed by atoms with Crippen molar-refractivity contribution >= 4 is 28.2 Å². The maximum atomic E-state index is 12.3. The van der Waals surface area contributed by atoms with Gasteiger partial charge in [-0.3, -0.25) is 4.79 Å². The van der Waals surface area contributed by atoms with Crippen LogP contribution in [0.25, 0.3) is 0 Å². The normalized spacial score (nSPS) is 12.0. The van der Waals surface area contributed by atoms with Crippen molar-refractivity contribution < 1.29 is 22.0 Å². The third-order valence-corrected chi connectivity index (χ3v) is 4.68. The van der Waals surface area contributed by atoms with Crippen molar-refractivity contribution in [3.63, 3.8) is 0 Å². The Morgan fingerprint density at radius 2 is 1.75 bits per heavy atom. The monoisotopic (exact) mass is 384 g/mol. The van der Waals surface area contributed by atoms with Crippen molar-refractivity contribution in [3.05, 3.63) is 35.4 Å². The highest BCUT2D eigenvalue weighted by Gasteiger charge is 2.25. The number of halogens is 3. The summed E-state index contributed by atoms with van der Waals surface area (Å²) in [6.45, 7) is 4.77. The van der Waals surface area contributed by atoms with Gasteiger partial charge in [-0.05, 0) is 29.7 Å². The predicted molar refractivity (Wildman–Crippen MR) is 92.1 cm³/mol. The Kier molecular flexibility index (Phi) is 8.28. The zero-order valence-corrected chi connectivity index (χ0v) is 15.5. The number of nitrogens with two attached hydrogens (primary N) is 1. The molecule has 0 saturated carbocycles. The first kappa shape index (κ1) is 22.8. The fourth-order valence-corrected chi connectivity index (χ4v) is 2.82. The lowest BCUT2D eigenvalue weighted by Crippen LogP contribution is -2.39. The standard InChI is InChI=1S/C15H22F2N2O3S.ClH/c1-15(2,9-18)10-19(3)13(20)12-6-4-11(5-7-12)8-23(21,22)14(16)17;/h4-7,14H,8-10,18H2,1-3H3;1H. The van der Waals surface area contributed by atoms with E-state index < -0.39 is 21.3 Å². The summed E-state index contributed by atoms with van der Waals surface area (Å²) in [5.74, 6) is -4.40. The first-order valence-corrected chi connectivity index (χ1v) is 8.74. The fourth-order valence-electron chi connectivity index (χ4n) is 2.04. The van der Waals surface area contributed by atoms with Gasteiger partial charge in [0.25, 0.3) is 5.91 Å². The van der Waals surface area contributed by atoms with Gasteiger partial charge < -0.3 is 10.6 Å². The lowest BCUT2D eigenvalue weighted by Gasteiger charge is -2.29. The minimum Gasteiger partial charge on any atom is -0.341 e. The summed E-state index contributed by atoms with van der Waals surface area (Å²) < 4.78 is 47.0. The molecule has 0 radical (unpaired) electrons. The van der Waals surface area contributed by atoms with E-state index in [-0.39, 0.29) is 29.3 Å². The Hall–Kier alpha value is -1.25. The van der Waals surface area contributed by atoms with Crippen LogP contribution in [0.15, 0.2) is 24.3 Å². The Bertz CT molecular complexity index is 649. The molecule has 0 aliphatic rings. The molecule has 9 heteroatoms. The number of hydrogen-bond acceptors (Lipinski definition) is 4. The summed E-state index contributed by atoms with van der Waals surface area (Å²) in [5.41, 5.74) is 5.99. The van der Waals surface area contributed by atoms with E-state index in [1.54, 1.807) is 7.05 Å². The molecule has 24 heavy (non-hydrogen) atoms. The van der Waals surface area contributed by atoms with E-state index in [0.29, 0.717) is 18.7 Å². The van der Waals surface area contributed by atoms with Crippen molar-refractivity contribution in [1.29, 1.82) is 0 Å². The molecular weight excluding hydrogens is 362 g/mol. The molecule has 5 nitrogen and oxygen atoms in total. The van der Waals surface area contributed by atoms with Crippen LogP contribution in [-0.4, -0.2) is 45.1 Å². The number of amides is 1. The van der Waals surface area contributed by atoms with Gasteiger partial charge >= 0.3 is 5.76 Å². The zero-order valence-electron chi connectivity index (χ0n) is 13.8. The second-order valence-corrected chi connectivity index (χ2v) is 8.27. The van der Waals surface area contributed by atoms with Crippen LogP contribution in [0.4, 0.5) is 8.78 Å². The van der Waals surface area contributed by atoms with E-state index in [2.05, 4.69) is 0 Å². The number of carbonyl (C=O) groups excluding carboxylic acids is 1. The lowest BCUT2D eigenvalue weighted by molar-refractivity contribution is 0.0740. The molecule has 0 spiro atoms. The second kappa shape index (κ2) is 8.73. The van der Waals surface area contributed by atoms with Crippen molar-refractivity contribution in [2.24, 2.45) is 11.1 Å². The first-order valence-electron chi connectivity index (χ1n) is 7.03. The highest BCUT2D eigenvalue weighted by atomic mass is 35.5. The predicted octanol–water partition coefficient (Wildman–Crippen LogP) is 2.30. The Balaban J connectivity index is 0.00000529. The van der Waals surface area contributed by atoms with Gasteiger partial charge in [-0.15, -0.1) is 12.4 Å². The minimum atomic E-state index is -4.47. The SMILES string of the molecule is CN(CC(C)(C)CN)C(=O)c1ccc(CS(=O)(=O)C(F)F)cc1.Cl. The second-order valence-electron chi connectivity index (χ2n) is 6.29. The molecule has 0 bridgehead atoms. The molecular formula is C15H23ClF2N2O3S. The van der Waals surface area contributed by atoms with Crippen LogP contribution in [-0.2, 0) is 15.6 Å². The third-order valence-electron chi connectivity index (χ3n) is 3.40. The summed E-state index contributed by atoms with van der Waals surface area (Å²) >= 11 is 0. The molecule has 0 heterocycles. The number of alkyl halides is 2. The molecule has 0 aliphatic carbocycles. The smallest absolute Gasteiger partial charge is 0.337 e. The van der Waals surface area contributed by atoms with E-state index in [0.717, 1.165) is 0 Å². The summed E-state index contributed by atoms with van der Waals surface area (Å²) in [6.07, 6.45) is 0. The van der Waals surface area contributed by atoms with Gasteiger partial charge in [-0.2, -0.15) is 8.78 Å². The number of sulfone groups is 1. The number of hydrogen-bond donors (Lipinski definition) is 1. The highest BCUT2D eigenvalue weighted by Crippen LogP contribution is 2.17. The molecule has 0 fully saturated rings. The van der Waals surface area contributed by atoms with Gasteiger partial charge in [0.2, 0.25) is 9.84 Å². The average Bonchev–Trinajstić information content (AvgIpc) is 2.46. The van der Waals surface area contributed by atoms with E-state index in [1.807, 2.05) is 13.8 Å². The molecule has 0 aromatic heterocycles. The largest absolute Gasteiger partial charge is 0.341 e. The quantitative estimate of drug-likeness (QED) is 0.782. The van der Waals surface area contributed by atoms with Crippen molar-refractivity contribution in [2.75, 3.05) is 20.1 Å². The topological polar surface area (TPSA) is 80.5 Å². The molecule has 1 aromatic rings. The maximum Gasteiger partial charge on any atom is 0.337 e. The van der Waals surface area contributed by atoms with E-state index in [4.69, 9.17) is 5.73 Å². The van der Waals surface area contributed by atoms with Crippen LogP contribution in [0.5, 0.6) is 0 Å². The van der Waals surface area contributed by atoms with Gasteiger partial charge in [0.15, 0.2) is 0 Å². The fraction of sp³-hybridized carbons (Fsp3) is 0.533. The lowest BCUT2D eigenvalue weighted by atomic mass is 9.93. The van der Waals surface area contributed by atoms with Gasteiger partial charge in [0.1, 0.15) is 0 Å². The molecule has 0 saturated heterocycles. The molecule has 1 aromatic carbocycles. The van der Waals surface area contributed by atoms with Gasteiger partial charge in [0.05, 0.1) is 5.75 Å². The average molecular weight is 385 g/mol. The van der Waals surface area contributed by atoms with Crippen LogP contribution < -0.4 is 5.73 Å². The van der Waals surface area contributed by atoms with Crippen LogP contribution in [0.1, 0.15) is 29.8 Å². The number of nitrogens with zero attached hydrogens (tertiary/aromatic N) is 1. The van der Waals surface area contributed by atoms with Crippen LogP contribution >= 0.6 is 12.4 Å². The number of carbonyl (C=O) groups is 1. The van der Waals surface area contributed by atoms with Crippen molar-refractivity contribution in [1.82, 2.24) is 4.90 Å². The van der Waals surface area contributed by atoms with Gasteiger partial charge in [0, 0.05) is 19.2 Å². The van der Waals surface area contributed by atoms with E-state index in [9.17, 15) is 22.0 Å². The Morgan fingerprint density at radius 1 is 1.25 bits per heavy atom. The molecule has 1 rings (SSSR count). The highest BCUT2D eigenvalue weighted by molar-refractivity contribution is 7.90. The van der Waals surface area contributed by atoms with Gasteiger partial charge in [-0.1, -0.05) is 26.0 Å². The molecule has 1 amide bonds. The maximum absolute atomic E-state index is 12.3. The van der Waals surface area contributed by atoms with E-state index >= 15 is 0 Å². The number of benzene rings is 1. The molecule has 138 valence electrons. The van der Waals surface area contributed by atoms with Crippen molar-refractivity contribution in [2.45, 2.75) is 25.4 Å². The van der Waals surface area contributed by atoms with Crippen molar-refractivity contribution in [3.8, 4) is 0 Å². The van der Waals surface area contributed by atoms with Gasteiger partial charge in [-0.25, -0.2) is 8.42 Å². The Labute approximate surface area is 147 Å². The molecule has 0 atom stereocenters. The van der Waals surface area contributed by atoms with E-state index in [1.165, 1.54) is 29.2 Å². The summed E-state index contributed by atoms with van der Waals surface area (Å²) in [7, 11) is -2.82. The number of rotatable bonds is 7. The summed E-state index contributed by atoms with van der Waals surface area (Å²) in [6, 6.07) is 5.61. The molecule has 0 aliphatic heterocycles. The first-order chi connectivity index (χ1) is 10.5. The zero-order chi connectivity index (χ0) is 17.8. The van der Waals surface area contributed by atoms with Crippen LogP contribution in [0.3, 0.4) is 0 Å².